The molecule has 1 atom stereocenters. The topological polar surface area (TPSA) is 127 Å². The van der Waals surface area contributed by atoms with E-state index in [0.29, 0.717) is 50.5 Å². The number of nitriles is 1. The molecule has 2 fully saturated rings. The minimum absolute atomic E-state index is 0.0364. The largest absolute Gasteiger partial charge is 0.380 e. The van der Waals surface area contributed by atoms with Crippen molar-refractivity contribution in [3.05, 3.63) is 51.4 Å². The van der Waals surface area contributed by atoms with Crippen LogP contribution in [0, 0.1) is 11.3 Å². The number of piperidine rings is 1. The molecule has 176 valence electrons. The van der Waals surface area contributed by atoms with E-state index < -0.39 is 15.6 Å². The van der Waals surface area contributed by atoms with Crippen molar-refractivity contribution in [3.8, 4) is 6.07 Å². The van der Waals surface area contributed by atoms with Gasteiger partial charge in [-0.05, 0) is 37.1 Å². The van der Waals surface area contributed by atoms with Gasteiger partial charge >= 0.3 is 0 Å². The number of nitrogens with one attached hydrogen (secondary N) is 1. The molecule has 3 heterocycles. The molecule has 0 amide bonds. The molecule has 1 aromatic heterocycles. The molecule has 2 saturated heterocycles. The monoisotopic (exact) mass is 493 g/mol. The lowest BCUT2D eigenvalue weighted by Gasteiger charge is -2.31. The Kier molecular flexibility index (Phi) is 7.31. The van der Waals surface area contributed by atoms with Gasteiger partial charge in [-0.25, -0.2) is 13.1 Å². The summed E-state index contributed by atoms with van der Waals surface area (Å²) in [5.74, 6) is 0. The third kappa shape index (κ3) is 5.20. The molecule has 2 aromatic rings. The highest BCUT2D eigenvalue weighted by Gasteiger charge is 2.31. The van der Waals surface area contributed by atoms with E-state index in [9.17, 15) is 13.2 Å². The van der Waals surface area contributed by atoms with E-state index in [4.69, 9.17) is 26.3 Å². The van der Waals surface area contributed by atoms with Crippen molar-refractivity contribution in [1.82, 2.24) is 14.1 Å². The minimum atomic E-state index is -3.68. The van der Waals surface area contributed by atoms with Crippen molar-refractivity contribution in [2.45, 2.75) is 29.9 Å². The van der Waals surface area contributed by atoms with Gasteiger partial charge in [0.25, 0.3) is 5.56 Å². The fourth-order valence-corrected chi connectivity index (χ4v) is 5.56. The molecule has 0 radical (unpaired) electrons. The van der Waals surface area contributed by atoms with Gasteiger partial charge in [0.1, 0.15) is 5.02 Å². The van der Waals surface area contributed by atoms with Gasteiger partial charge in [-0.2, -0.15) is 14.7 Å². The van der Waals surface area contributed by atoms with Gasteiger partial charge in [-0.3, -0.25) is 4.79 Å². The Bertz CT molecular complexity index is 1180. The second-order valence-corrected chi connectivity index (χ2v) is 10.2. The van der Waals surface area contributed by atoms with Gasteiger partial charge in [0.15, 0.2) is 0 Å². The van der Waals surface area contributed by atoms with Crippen molar-refractivity contribution in [2.24, 2.45) is 0 Å². The standard InChI is InChI=1S/C21H24ClN5O5S/c22-20-19(24-12-17-14-31-9-10-32-17)13-25-27(21(20)28)16-5-7-26(8-6-16)33(29,30)18-3-1-15(11-23)2-4-18/h1-4,13,16-17,24H,5-10,12,14H2/t17-/m0/s1. The maximum absolute atomic E-state index is 12.9. The number of nitrogens with zero attached hydrogens (tertiary/aromatic N) is 4. The highest BCUT2D eigenvalue weighted by Crippen LogP contribution is 2.27. The van der Waals surface area contributed by atoms with Crippen LogP contribution >= 0.6 is 11.6 Å². The van der Waals surface area contributed by atoms with E-state index in [1.807, 2.05) is 6.07 Å². The van der Waals surface area contributed by atoms with Gasteiger partial charge in [0.05, 0.1) is 60.4 Å². The lowest BCUT2D eigenvalue weighted by atomic mass is 10.1. The van der Waals surface area contributed by atoms with E-state index in [-0.39, 0.29) is 35.2 Å². The van der Waals surface area contributed by atoms with Crippen LogP contribution < -0.4 is 10.9 Å². The second-order valence-electron chi connectivity index (χ2n) is 7.84. The van der Waals surface area contributed by atoms with Crippen LogP contribution in [0.2, 0.25) is 5.02 Å². The van der Waals surface area contributed by atoms with Crippen molar-refractivity contribution < 1.29 is 17.9 Å². The third-order valence-electron chi connectivity index (χ3n) is 5.74. The number of rotatable bonds is 6. The molecule has 2 aliphatic heterocycles. The Morgan fingerprint density at radius 2 is 1.94 bits per heavy atom. The zero-order valence-corrected chi connectivity index (χ0v) is 19.4. The van der Waals surface area contributed by atoms with Crippen LogP contribution in [0.1, 0.15) is 24.4 Å². The summed E-state index contributed by atoms with van der Waals surface area (Å²) in [7, 11) is -3.68. The van der Waals surface area contributed by atoms with Crippen LogP contribution in [0.4, 0.5) is 5.69 Å². The molecular weight excluding hydrogens is 470 g/mol. The molecule has 12 heteroatoms. The van der Waals surface area contributed by atoms with E-state index in [1.54, 1.807) is 0 Å². The molecule has 0 aliphatic carbocycles. The quantitative estimate of drug-likeness (QED) is 0.643. The van der Waals surface area contributed by atoms with Crippen LogP contribution in [0.15, 0.2) is 40.2 Å². The normalized spacial score (nSPS) is 20.3. The Balaban J connectivity index is 1.40. The molecule has 1 aromatic carbocycles. The van der Waals surface area contributed by atoms with Crippen molar-refractivity contribution in [3.63, 3.8) is 0 Å². The highest BCUT2D eigenvalue weighted by molar-refractivity contribution is 7.89. The third-order valence-corrected chi connectivity index (χ3v) is 8.02. The zero-order valence-electron chi connectivity index (χ0n) is 17.8. The summed E-state index contributed by atoms with van der Waals surface area (Å²) >= 11 is 6.30. The van der Waals surface area contributed by atoms with Gasteiger partial charge in [0.2, 0.25) is 10.0 Å². The van der Waals surface area contributed by atoms with E-state index in [0.717, 1.165) is 0 Å². The Labute approximate surface area is 196 Å². The number of hydrogen-bond acceptors (Lipinski definition) is 8. The molecule has 0 spiro atoms. The van der Waals surface area contributed by atoms with E-state index in [2.05, 4.69) is 10.4 Å². The zero-order chi connectivity index (χ0) is 23.4. The molecule has 2 aliphatic rings. The fraction of sp³-hybridized carbons (Fsp3) is 0.476. The SMILES string of the molecule is N#Cc1ccc(S(=O)(=O)N2CCC(n3ncc(NC[C@H]4COCCO4)c(Cl)c3=O)CC2)cc1. The molecular formula is C21H24ClN5O5S. The Morgan fingerprint density at radius 3 is 2.58 bits per heavy atom. The van der Waals surface area contributed by atoms with E-state index in [1.165, 1.54) is 39.4 Å². The van der Waals surface area contributed by atoms with Crippen LogP contribution in [0.3, 0.4) is 0 Å². The lowest BCUT2D eigenvalue weighted by molar-refractivity contribution is -0.0818. The molecule has 33 heavy (non-hydrogen) atoms. The van der Waals surface area contributed by atoms with Crippen LogP contribution in [0.25, 0.3) is 0 Å². The predicted molar refractivity (Wildman–Crippen MR) is 121 cm³/mol. The first kappa shape index (κ1) is 23.7. The number of halogens is 1. The molecule has 0 saturated carbocycles. The molecule has 1 N–H and O–H groups in total. The summed E-state index contributed by atoms with van der Waals surface area (Å²) in [5.41, 5.74) is 0.399. The second kappa shape index (κ2) is 10.2. The summed E-state index contributed by atoms with van der Waals surface area (Å²) < 4.78 is 39.5. The maximum Gasteiger partial charge on any atom is 0.287 e. The Morgan fingerprint density at radius 1 is 1.21 bits per heavy atom. The summed E-state index contributed by atoms with van der Waals surface area (Å²) in [6.07, 6.45) is 2.24. The average molecular weight is 494 g/mol. The van der Waals surface area contributed by atoms with Crippen molar-refractivity contribution in [1.29, 1.82) is 5.26 Å². The fourth-order valence-electron chi connectivity index (χ4n) is 3.88. The van der Waals surface area contributed by atoms with Crippen LogP contribution in [0.5, 0.6) is 0 Å². The Hall–Kier alpha value is -2.49. The maximum atomic E-state index is 12.9. The number of ether oxygens (including phenoxy) is 2. The average Bonchev–Trinajstić information content (AvgIpc) is 2.86. The number of benzene rings is 1. The van der Waals surface area contributed by atoms with Gasteiger partial charge in [0, 0.05) is 19.6 Å². The number of anilines is 1. The minimum Gasteiger partial charge on any atom is -0.380 e. The van der Waals surface area contributed by atoms with Gasteiger partial charge in [-0.15, -0.1) is 0 Å². The first-order valence-corrected chi connectivity index (χ1v) is 12.4. The van der Waals surface area contributed by atoms with Crippen molar-refractivity contribution >= 4 is 27.3 Å². The summed E-state index contributed by atoms with van der Waals surface area (Å²) in [5, 5.41) is 16.3. The smallest absolute Gasteiger partial charge is 0.287 e. The predicted octanol–water partition coefficient (Wildman–Crippen LogP) is 1.62. The highest BCUT2D eigenvalue weighted by atomic mass is 35.5. The number of sulfonamides is 1. The van der Waals surface area contributed by atoms with Gasteiger partial charge in [-0.1, -0.05) is 11.6 Å². The first-order chi connectivity index (χ1) is 15.9. The lowest BCUT2D eigenvalue weighted by Crippen LogP contribution is -2.41. The number of aromatic nitrogens is 2. The van der Waals surface area contributed by atoms with E-state index >= 15 is 0 Å². The number of hydrogen-bond donors (Lipinski definition) is 1. The van der Waals surface area contributed by atoms with Crippen LogP contribution in [-0.4, -0.2) is 68.1 Å². The molecule has 0 unspecified atom stereocenters. The summed E-state index contributed by atoms with van der Waals surface area (Å²) in [6.45, 7) is 2.51. The summed E-state index contributed by atoms with van der Waals surface area (Å²) in [6, 6.07) is 7.54. The summed E-state index contributed by atoms with van der Waals surface area (Å²) in [4.78, 5) is 13.0. The molecule has 0 bridgehead atoms. The first-order valence-electron chi connectivity index (χ1n) is 10.6. The molecule has 4 rings (SSSR count). The van der Waals surface area contributed by atoms with Gasteiger partial charge < -0.3 is 14.8 Å². The molecule has 10 nitrogen and oxygen atoms in total. The van der Waals surface area contributed by atoms with Crippen LogP contribution in [-0.2, 0) is 19.5 Å². The van der Waals surface area contributed by atoms with Crippen molar-refractivity contribution in [2.75, 3.05) is 44.8 Å².